The van der Waals surface area contributed by atoms with E-state index in [-0.39, 0.29) is 17.6 Å². The summed E-state index contributed by atoms with van der Waals surface area (Å²) in [5, 5.41) is 0.608. The summed E-state index contributed by atoms with van der Waals surface area (Å²) < 4.78 is 8.09. The van der Waals surface area contributed by atoms with Gasteiger partial charge in [0.25, 0.3) is 5.56 Å². The molecule has 0 radical (unpaired) electrons. The molecule has 8 heteroatoms. The van der Waals surface area contributed by atoms with E-state index in [9.17, 15) is 9.59 Å². The van der Waals surface area contributed by atoms with Crippen molar-refractivity contribution in [2.75, 3.05) is 33.7 Å². The monoisotopic (exact) mass is 464 g/mol. The van der Waals surface area contributed by atoms with Crippen molar-refractivity contribution in [2.45, 2.75) is 45.3 Å². The number of nitrogens with zero attached hydrogens (tertiary/aromatic N) is 4. The minimum atomic E-state index is -0.523. The summed E-state index contributed by atoms with van der Waals surface area (Å²) in [6.07, 6.45) is 0.531. The lowest BCUT2D eigenvalue weighted by Crippen LogP contribution is -2.51. The van der Waals surface area contributed by atoms with Crippen LogP contribution in [0.4, 0.5) is 4.79 Å². The van der Waals surface area contributed by atoms with E-state index in [1.165, 1.54) is 0 Å². The summed E-state index contributed by atoms with van der Waals surface area (Å²) in [5.74, 6) is 0.783. The lowest BCUT2D eigenvalue weighted by atomic mass is 9.99. The molecule has 0 bridgehead atoms. The van der Waals surface area contributed by atoms with E-state index in [2.05, 4.69) is 20.8 Å². The number of rotatable bonds is 5. The van der Waals surface area contributed by atoms with E-state index in [4.69, 9.17) is 9.72 Å². The topological polar surface area (TPSA) is 67.7 Å². The molecule has 7 nitrogen and oxygen atoms in total. The summed E-state index contributed by atoms with van der Waals surface area (Å²) in [4.78, 5) is 34.1. The average Bonchev–Trinajstić information content (AvgIpc) is 2.55. The Balaban J connectivity index is 1.87. The Labute approximate surface area is 179 Å². The van der Waals surface area contributed by atoms with Crippen LogP contribution >= 0.6 is 15.9 Å². The zero-order chi connectivity index (χ0) is 21.3. The fourth-order valence-corrected chi connectivity index (χ4v) is 3.76. The molecule has 0 saturated carbocycles. The van der Waals surface area contributed by atoms with Crippen molar-refractivity contribution < 1.29 is 9.53 Å². The van der Waals surface area contributed by atoms with Crippen LogP contribution in [0, 0.1) is 0 Å². The second kappa shape index (κ2) is 8.44. The van der Waals surface area contributed by atoms with Crippen LogP contribution in [0.5, 0.6) is 0 Å². The predicted octanol–water partition coefficient (Wildman–Crippen LogP) is 3.45. The Morgan fingerprint density at radius 3 is 2.62 bits per heavy atom. The molecule has 158 valence electrons. The van der Waals surface area contributed by atoms with Crippen LogP contribution in [0.3, 0.4) is 0 Å². The van der Waals surface area contributed by atoms with Crippen LogP contribution in [-0.2, 0) is 11.3 Å². The number of aromatic nitrogens is 2. The normalized spacial score (nSPS) is 15.1. The number of amides is 1. The number of hydrogen-bond acceptors (Lipinski definition) is 5. The molecule has 1 aromatic heterocycles. The third-order valence-corrected chi connectivity index (χ3v) is 5.32. The molecule has 1 saturated heterocycles. The van der Waals surface area contributed by atoms with Crippen molar-refractivity contribution in [1.29, 1.82) is 0 Å². The molecular weight excluding hydrogens is 436 g/mol. The first kappa shape index (κ1) is 21.8. The first-order valence-electron chi connectivity index (χ1n) is 9.88. The van der Waals surface area contributed by atoms with Gasteiger partial charge in [-0.15, -0.1) is 0 Å². The van der Waals surface area contributed by atoms with Crippen molar-refractivity contribution in [2.24, 2.45) is 0 Å². The zero-order valence-electron chi connectivity index (χ0n) is 17.7. The first-order valence-corrected chi connectivity index (χ1v) is 10.7. The zero-order valence-corrected chi connectivity index (χ0v) is 19.3. The maximum Gasteiger partial charge on any atom is 0.410 e. The molecule has 0 aliphatic carbocycles. The van der Waals surface area contributed by atoms with E-state index in [1.54, 1.807) is 9.47 Å². The van der Waals surface area contributed by atoms with Crippen molar-refractivity contribution in [3.05, 3.63) is 38.9 Å². The molecule has 29 heavy (non-hydrogen) atoms. The van der Waals surface area contributed by atoms with Gasteiger partial charge in [-0.05, 0) is 66.0 Å². The predicted molar refractivity (Wildman–Crippen MR) is 117 cm³/mol. The van der Waals surface area contributed by atoms with Gasteiger partial charge in [0.15, 0.2) is 0 Å². The number of carbonyl (C=O) groups excluding carboxylic acids is 1. The van der Waals surface area contributed by atoms with Gasteiger partial charge in [0.1, 0.15) is 11.4 Å². The second-order valence-electron chi connectivity index (χ2n) is 8.83. The van der Waals surface area contributed by atoms with E-state index < -0.39 is 5.60 Å². The molecule has 1 aliphatic rings. The lowest BCUT2D eigenvalue weighted by Gasteiger charge is -2.40. The third-order valence-electron chi connectivity index (χ3n) is 4.83. The van der Waals surface area contributed by atoms with Crippen LogP contribution in [0.15, 0.2) is 27.5 Å². The van der Waals surface area contributed by atoms with E-state index in [0.29, 0.717) is 30.5 Å². The van der Waals surface area contributed by atoms with Gasteiger partial charge in [-0.3, -0.25) is 9.36 Å². The van der Waals surface area contributed by atoms with Crippen molar-refractivity contribution in [3.8, 4) is 0 Å². The van der Waals surface area contributed by atoms with Gasteiger partial charge in [-0.2, -0.15) is 0 Å². The van der Waals surface area contributed by atoms with Crippen LogP contribution in [0.25, 0.3) is 10.9 Å². The number of ether oxygens (including phenoxy) is 1. The number of fused-ring (bicyclic) bond motifs is 1. The molecular formula is C21H29BrN4O3. The van der Waals surface area contributed by atoms with Gasteiger partial charge in [0, 0.05) is 24.1 Å². The van der Waals surface area contributed by atoms with Crippen molar-refractivity contribution >= 4 is 32.9 Å². The van der Waals surface area contributed by atoms with Gasteiger partial charge >= 0.3 is 6.09 Å². The summed E-state index contributed by atoms with van der Waals surface area (Å²) >= 11 is 3.44. The lowest BCUT2D eigenvalue weighted by molar-refractivity contribution is 0.00713. The Morgan fingerprint density at radius 1 is 1.31 bits per heavy atom. The van der Waals surface area contributed by atoms with Crippen LogP contribution in [-0.4, -0.2) is 64.8 Å². The number of benzene rings is 1. The van der Waals surface area contributed by atoms with Crippen LogP contribution < -0.4 is 5.56 Å². The standard InChI is InChI=1S/C21H29BrN4O3/c1-21(2,3)29-20(28)25-12-14(13-25)18-23-17-8-7-15(22)11-16(17)19(27)26(18)10-6-9-24(4)5/h7-8,11,14H,6,9-10,12-13H2,1-5H3. The number of hydrogen-bond donors (Lipinski definition) is 0. The average molecular weight is 465 g/mol. The van der Waals surface area contributed by atoms with Crippen molar-refractivity contribution in [3.63, 3.8) is 0 Å². The van der Waals surface area contributed by atoms with E-state index >= 15 is 0 Å². The SMILES string of the molecule is CN(C)CCCn1c(C2CN(C(=O)OC(C)(C)C)C2)nc2ccc(Br)cc2c1=O. The highest BCUT2D eigenvalue weighted by Crippen LogP contribution is 2.28. The molecule has 3 rings (SSSR count). The Kier molecular flexibility index (Phi) is 6.33. The first-order chi connectivity index (χ1) is 13.5. The number of likely N-dealkylation sites (tertiary alicyclic amines) is 1. The largest absolute Gasteiger partial charge is 0.444 e. The fraction of sp³-hybridized carbons (Fsp3) is 0.571. The van der Waals surface area contributed by atoms with Crippen LogP contribution in [0.1, 0.15) is 38.9 Å². The minimum Gasteiger partial charge on any atom is -0.444 e. The van der Waals surface area contributed by atoms with Gasteiger partial charge < -0.3 is 14.5 Å². The maximum absolute atomic E-state index is 13.2. The van der Waals surface area contributed by atoms with Gasteiger partial charge in [-0.25, -0.2) is 9.78 Å². The summed E-state index contributed by atoms with van der Waals surface area (Å²) in [5.41, 5.74) is 0.138. The molecule has 0 spiro atoms. The van der Waals surface area contributed by atoms with Gasteiger partial charge in [0.05, 0.1) is 16.8 Å². The second-order valence-corrected chi connectivity index (χ2v) is 9.74. The quantitative estimate of drug-likeness (QED) is 0.677. The third kappa shape index (κ3) is 5.17. The highest BCUT2D eigenvalue weighted by molar-refractivity contribution is 9.10. The smallest absolute Gasteiger partial charge is 0.410 e. The Bertz CT molecular complexity index is 959. The summed E-state index contributed by atoms with van der Waals surface area (Å²) in [6.45, 7) is 8.07. The summed E-state index contributed by atoms with van der Waals surface area (Å²) in [7, 11) is 4.04. The maximum atomic E-state index is 13.2. The molecule has 1 aliphatic heterocycles. The highest BCUT2D eigenvalue weighted by atomic mass is 79.9. The Morgan fingerprint density at radius 2 is 2.00 bits per heavy atom. The van der Waals surface area contributed by atoms with Crippen LogP contribution in [0.2, 0.25) is 0 Å². The van der Waals surface area contributed by atoms with E-state index in [0.717, 1.165) is 23.3 Å². The molecule has 0 unspecified atom stereocenters. The van der Waals surface area contributed by atoms with E-state index in [1.807, 2.05) is 53.1 Å². The molecule has 2 aromatic rings. The summed E-state index contributed by atoms with van der Waals surface area (Å²) in [6, 6.07) is 5.58. The molecule has 1 amide bonds. The Hall–Kier alpha value is -1.93. The molecule has 1 fully saturated rings. The number of carbonyl (C=O) groups is 1. The fourth-order valence-electron chi connectivity index (χ4n) is 3.40. The molecule has 0 N–H and O–H groups in total. The van der Waals surface area contributed by atoms with Gasteiger partial charge in [0.2, 0.25) is 0 Å². The van der Waals surface area contributed by atoms with Crippen molar-refractivity contribution in [1.82, 2.24) is 19.4 Å². The number of halogens is 1. The molecule has 1 aromatic carbocycles. The molecule has 0 atom stereocenters. The highest BCUT2D eigenvalue weighted by Gasteiger charge is 2.37. The molecule has 2 heterocycles. The van der Waals surface area contributed by atoms with Gasteiger partial charge in [-0.1, -0.05) is 15.9 Å². The minimum absolute atomic E-state index is 0.0271.